The number of rotatable bonds is 6. The third-order valence-corrected chi connectivity index (χ3v) is 4.56. The number of carbonyl (C=O) groups is 1. The first-order chi connectivity index (χ1) is 9.49. The summed E-state index contributed by atoms with van der Waals surface area (Å²) in [6.45, 7) is 9.57. The van der Waals surface area contributed by atoms with Crippen molar-refractivity contribution in [3.8, 4) is 0 Å². The van der Waals surface area contributed by atoms with Crippen molar-refractivity contribution in [2.75, 3.05) is 32.8 Å². The Balaban J connectivity index is 1.80. The average molecular weight is 298 g/mol. The molecule has 0 spiro atoms. The molecule has 0 bridgehead atoms. The van der Waals surface area contributed by atoms with Gasteiger partial charge in [-0.2, -0.15) is 0 Å². The monoisotopic (exact) mass is 298 g/mol. The highest BCUT2D eigenvalue weighted by molar-refractivity contribution is 7.10. The van der Waals surface area contributed by atoms with Crippen LogP contribution < -0.4 is 5.32 Å². The van der Waals surface area contributed by atoms with Crippen LogP contribution in [0.15, 0.2) is 11.4 Å². The fourth-order valence-corrected chi connectivity index (χ4v) is 3.19. The lowest BCUT2D eigenvalue weighted by molar-refractivity contribution is -0.00965. The molecule has 2 rings (SSSR count). The summed E-state index contributed by atoms with van der Waals surface area (Å²) >= 11 is 1.49. The quantitative estimate of drug-likeness (QED) is 0.836. The maximum atomic E-state index is 10.8. The Bertz CT molecular complexity index is 453. The second-order valence-electron chi connectivity index (χ2n) is 5.62. The number of nitrogens with zero attached hydrogens (tertiary/aromatic N) is 1. The summed E-state index contributed by atoms with van der Waals surface area (Å²) < 4.78 is 5.38. The fraction of sp³-hybridized carbons (Fsp3) is 0.643. The normalized spacial score (nSPS) is 17.3. The number of carboxylic acids is 1. The van der Waals surface area contributed by atoms with E-state index in [1.54, 1.807) is 11.4 Å². The van der Waals surface area contributed by atoms with E-state index >= 15 is 0 Å². The van der Waals surface area contributed by atoms with Crippen LogP contribution in [0.5, 0.6) is 0 Å². The molecule has 1 aliphatic rings. The van der Waals surface area contributed by atoms with Crippen molar-refractivity contribution in [3.05, 3.63) is 21.9 Å². The number of thiophene rings is 1. The highest BCUT2D eigenvalue weighted by Gasteiger charge is 2.27. The molecule has 112 valence electrons. The van der Waals surface area contributed by atoms with E-state index in [0.29, 0.717) is 12.1 Å². The molecule has 1 saturated heterocycles. The Labute approximate surface area is 123 Å². The maximum Gasteiger partial charge on any atom is 0.336 e. The average Bonchev–Trinajstić information content (AvgIpc) is 2.89. The fourth-order valence-electron chi connectivity index (χ4n) is 2.36. The largest absolute Gasteiger partial charge is 0.478 e. The Morgan fingerprint density at radius 3 is 2.80 bits per heavy atom. The van der Waals surface area contributed by atoms with Crippen LogP contribution in [0.3, 0.4) is 0 Å². The van der Waals surface area contributed by atoms with Gasteiger partial charge in [-0.3, -0.25) is 4.90 Å². The molecule has 20 heavy (non-hydrogen) atoms. The molecule has 6 heteroatoms. The van der Waals surface area contributed by atoms with Gasteiger partial charge < -0.3 is 15.2 Å². The second kappa shape index (κ2) is 6.67. The first-order valence-electron chi connectivity index (χ1n) is 6.83. The first kappa shape index (κ1) is 15.4. The SMILES string of the molecule is CC(C)(CNCc1cc(C(=O)O)cs1)N1CCOCC1. The number of hydrogen-bond donors (Lipinski definition) is 2. The predicted molar refractivity (Wildman–Crippen MR) is 79.5 cm³/mol. The zero-order valence-corrected chi connectivity index (χ0v) is 12.8. The van der Waals surface area contributed by atoms with Gasteiger partial charge in [-0.05, 0) is 19.9 Å². The van der Waals surface area contributed by atoms with E-state index in [1.807, 2.05) is 0 Å². The predicted octanol–water partition coefficient (Wildman–Crippen LogP) is 1.65. The third kappa shape index (κ3) is 4.02. The molecule has 2 N–H and O–H groups in total. The molecule has 1 aromatic heterocycles. The van der Waals surface area contributed by atoms with Crippen LogP contribution in [-0.4, -0.2) is 54.4 Å². The molecule has 1 aliphatic heterocycles. The minimum atomic E-state index is -0.860. The van der Waals surface area contributed by atoms with Crippen molar-refractivity contribution in [2.24, 2.45) is 0 Å². The molecule has 5 nitrogen and oxygen atoms in total. The molecule has 0 atom stereocenters. The molecule has 0 radical (unpaired) electrons. The standard InChI is InChI=1S/C14H22N2O3S/c1-14(2,16-3-5-19-6-4-16)10-15-8-12-7-11(9-20-12)13(17)18/h7,9,15H,3-6,8,10H2,1-2H3,(H,17,18). The van der Waals surface area contributed by atoms with Gasteiger partial charge in [-0.25, -0.2) is 4.79 Å². The van der Waals surface area contributed by atoms with Crippen LogP contribution >= 0.6 is 11.3 Å². The molecular weight excluding hydrogens is 276 g/mol. The molecule has 1 aromatic rings. The smallest absolute Gasteiger partial charge is 0.336 e. The van der Waals surface area contributed by atoms with Crippen LogP contribution in [0.2, 0.25) is 0 Å². The van der Waals surface area contributed by atoms with Crippen LogP contribution in [0.25, 0.3) is 0 Å². The van der Waals surface area contributed by atoms with Crippen molar-refractivity contribution in [1.82, 2.24) is 10.2 Å². The van der Waals surface area contributed by atoms with Gasteiger partial charge >= 0.3 is 5.97 Å². The summed E-state index contributed by atoms with van der Waals surface area (Å²) in [6.07, 6.45) is 0. The van der Waals surface area contributed by atoms with E-state index in [4.69, 9.17) is 9.84 Å². The van der Waals surface area contributed by atoms with E-state index in [2.05, 4.69) is 24.1 Å². The zero-order chi connectivity index (χ0) is 14.6. The summed E-state index contributed by atoms with van der Waals surface area (Å²) in [5.74, 6) is -0.860. The minimum Gasteiger partial charge on any atom is -0.478 e. The van der Waals surface area contributed by atoms with E-state index in [9.17, 15) is 4.79 Å². The second-order valence-corrected chi connectivity index (χ2v) is 6.62. The Kier molecular flexibility index (Phi) is 5.15. The van der Waals surface area contributed by atoms with Gasteiger partial charge in [0.1, 0.15) is 0 Å². The summed E-state index contributed by atoms with van der Waals surface area (Å²) in [5, 5.41) is 14.0. The van der Waals surface area contributed by atoms with Crippen molar-refractivity contribution >= 4 is 17.3 Å². The summed E-state index contributed by atoms with van der Waals surface area (Å²) in [5.41, 5.74) is 0.454. The van der Waals surface area contributed by atoms with Crippen LogP contribution in [-0.2, 0) is 11.3 Å². The van der Waals surface area contributed by atoms with Crippen LogP contribution in [0.4, 0.5) is 0 Å². The minimum absolute atomic E-state index is 0.0800. The molecule has 0 aromatic carbocycles. The zero-order valence-electron chi connectivity index (χ0n) is 12.0. The van der Waals surface area contributed by atoms with Gasteiger partial charge in [0.05, 0.1) is 18.8 Å². The molecule has 0 aliphatic carbocycles. The summed E-state index contributed by atoms with van der Waals surface area (Å²) in [6, 6.07) is 1.74. The lowest BCUT2D eigenvalue weighted by atomic mass is 10.0. The van der Waals surface area contributed by atoms with Crippen molar-refractivity contribution in [1.29, 1.82) is 0 Å². The number of carboxylic acid groups (broad SMARTS) is 1. The maximum absolute atomic E-state index is 10.8. The number of morpholine rings is 1. The van der Waals surface area contributed by atoms with E-state index in [1.165, 1.54) is 11.3 Å². The Morgan fingerprint density at radius 1 is 1.50 bits per heavy atom. The van der Waals surface area contributed by atoms with Crippen LogP contribution in [0, 0.1) is 0 Å². The Hall–Kier alpha value is -0.950. The third-order valence-electron chi connectivity index (χ3n) is 3.62. The van der Waals surface area contributed by atoms with Crippen molar-refractivity contribution < 1.29 is 14.6 Å². The summed E-state index contributed by atoms with van der Waals surface area (Å²) in [4.78, 5) is 14.3. The molecule has 1 fully saturated rings. The molecule has 2 heterocycles. The lowest BCUT2D eigenvalue weighted by Crippen LogP contribution is -2.54. The van der Waals surface area contributed by atoms with Crippen molar-refractivity contribution in [3.63, 3.8) is 0 Å². The van der Waals surface area contributed by atoms with Gasteiger partial charge in [0, 0.05) is 42.0 Å². The van der Waals surface area contributed by atoms with Crippen LogP contribution in [0.1, 0.15) is 29.1 Å². The number of hydrogen-bond acceptors (Lipinski definition) is 5. The van der Waals surface area contributed by atoms with E-state index in [-0.39, 0.29) is 5.54 Å². The van der Waals surface area contributed by atoms with E-state index < -0.39 is 5.97 Å². The van der Waals surface area contributed by atoms with Gasteiger partial charge in [0.2, 0.25) is 0 Å². The number of nitrogens with one attached hydrogen (secondary N) is 1. The molecular formula is C14H22N2O3S. The topological polar surface area (TPSA) is 61.8 Å². The number of ether oxygens (including phenoxy) is 1. The van der Waals surface area contributed by atoms with Gasteiger partial charge in [0.15, 0.2) is 0 Å². The highest BCUT2D eigenvalue weighted by Crippen LogP contribution is 2.17. The van der Waals surface area contributed by atoms with Gasteiger partial charge in [-0.1, -0.05) is 0 Å². The molecule has 0 saturated carbocycles. The lowest BCUT2D eigenvalue weighted by Gasteiger charge is -2.41. The molecule has 0 amide bonds. The summed E-state index contributed by atoms with van der Waals surface area (Å²) in [7, 11) is 0. The molecule has 0 unspecified atom stereocenters. The van der Waals surface area contributed by atoms with Crippen molar-refractivity contribution in [2.45, 2.75) is 25.9 Å². The van der Waals surface area contributed by atoms with Gasteiger partial charge in [-0.15, -0.1) is 11.3 Å². The van der Waals surface area contributed by atoms with Gasteiger partial charge in [0.25, 0.3) is 0 Å². The number of aromatic carboxylic acids is 1. The first-order valence-corrected chi connectivity index (χ1v) is 7.71. The highest BCUT2D eigenvalue weighted by atomic mass is 32.1. The van der Waals surface area contributed by atoms with E-state index in [0.717, 1.165) is 37.7 Å². The Morgan fingerprint density at radius 2 is 2.20 bits per heavy atom.